The van der Waals surface area contributed by atoms with Crippen LogP contribution in [0, 0.1) is 0 Å². The molecule has 3 aromatic rings. The highest BCUT2D eigenvalue weighted by atomic mass is 16.1. The van der Waals surface area contributed by atoms with Crippen molar-refractivity contribution >= 4 is 0 Å². The lowest BCUT2D eigenvalue weighted by molar-refractivity contribution is 0.642. The molecular formula is C18H16N2O. The third-order valence-corrected chi connectivity index (χ3v) is 3.42. The predicted octanol–water partition coefficient (Wildman–Crippen LogP) is 3.60. The lowest BCUT2D eigenvalue weighted by atomic mass is 10.0. The van der Waals surface area contributed by atoms with Gasteiger partial charge in [0.1, 0.15) is 5.69 Å². The number of nitrogens with zero attached hydrogens (tertiary/aromatic N) is 2. The van der Waals surface area contributed by atoms with Crippen molar-refractivity contribution in [1.82, 2.24) is 9.78 Å². The molecule has 0 aliphatic carbocycles. The molecule has 0 bridgehead atoms. The Kier molecular flexibility index (Phi) is 3.65. The Bertz CT molecular complexity index is 729. The van der Waals surface area contributed by atoms with Crippen LogP contribution in [-0.2, 0) is 6.54 Å². The van der Waals surface area contributed by atoms with Crippen molar-refractivity contribution in [2.24, 2.45) is 0 Å². The molecule has 0 radical (unpaired) electrons. The van der Waals surface area contributed by atoms with Gasteiger partial charge in [0.05, 0.1) is 0 Å². The Balaban J connectivity index is 2.25. The van der Waals surface area contributed by atoms with E-state index in [1.807, 2.05) is 78.5 Å². The van der Waals surface area contributed by atoms with E-state index in [1.165, 1.54) is 0 Å². The van der Waals surface area contributed by atoms with E-state index in [9.17, 15) is 4.79 Å². The fourth-order valence-corrected chi connectivity index (χ4v) is 2.31. The monoisotopic (exact) mass is 276 g/mol. The van der Waals surface area contributed by atoms with Crippen LogP contribution in [0.2, 0.25) is 0 Å². The average molecular weight is 276 g/mol. The second kappa shape index (κ2) is 5.75. The van der Waals surface area contributed by atoms with Crippen LogP contribution in [0.25, 0.3) is 22.4 Å². The summed E-state index contributed by atoms with van der Waals surface area (Å²) in [7, 11) is 0. The van der Waals surface area contributed by atoms with Crippen LogP contribution < -0.4 is 5.43 Å². The molecule has 0 aliphatic heterocycles. The standard InChI is InChI=1S/C18H16N2O/c1-2-20-13-16(14-9-5-3-6-10-14)18(21)17(19-20)15-11-7-4-8-12-15/h3-13H,2H2,1H3. The fraction of sp³-hybridized carbons (Fsp3) is 0.111. The molecule has 21 heavy (non-hydrogen) atoms. The maximum Gasteiger partial charge on any atom is 0.215 e. The van der Waals surface area contributed by atoms with Crippen LogP contribution in [0.4, 0.5) is 0 Å². The number of aryl methyl sites for hydroxylation is 1. The minimum Gasteiger partial charge on any atom is -0.287 e. The van der Waals surface area contributed by atoms with E-state index in [0.29, 0.717) is 11.3 Å². The van der Waals surface area contributed by atoms with Gasteiger partial charge in [0, 0.05) is 23.9 Å². The molecule has 104 valence electrons. The van der Waals surface area contributed by atoms with E-state index >= 15 is 0 Å². The highest BCUT2D eigenvalue weighted by molar-refractivity contribution is 5.69. The summed E-state index contributed by atoms with van der Waals surface area (Å²) in [4.78, 5) is 12.8. The van der Waals surface area contributed by atoms with Gasteiger partial charge in [0.25, 0.3) is 0 Å². The molecule has 1 aromatic heterocycles. The van der Waals surface area contributed by atoms with Gasteiger partial charge in [-0.25, -0.2) is 0 Å². The molecular weight excluding hydrogens is 260 g/mol. The molecule has 3 rings (SSSR count). The Labute approximate surface area is 123 Å². The SMILES string of the molecule is CCn1cc(-c2ccccc2)c(=O)c(-c2ccccc2)n1. The van der Waals surface area contributed by atoms with Gasteiger partial charge in [-0.2, -0.15) is 5.10 Å². The Morgan fingerprint density at radius 3 is 2.05 bits per heavy atom. The summed E-state index contributed by atoms with van der Waals surface area (Å²) < 4.78 is 1.81. The number of benzene rings is 2. The third kappa shape index (κ3) is 2.63. The minimum atomic E-state index is -0.0305. The highest BCUT2D eigenvalue weighted by Gasteiger charge is 2.12. The Hall–Kier alpha value is -2.68. The van der Waals surface area contributed by atoms with Crippen molar-refractivity contribution in [3.63, 3.8) is 0 Å². The molecule has 3 nitrogen and oxygen atoms in total. The number of rotatable bonds is 3. The molecule has 0 fully saturated rings. The first kappa shape index (κ1) is 13.3. The topological polar surface area (TPSA) is 34.9 Å². The number of aromatic nitrogens is 2. The average Bonchev–Trinajstić information content (AvgIpc) is 2.57. The van der Waals surface area contributed by atoms with Gasteiger partial charge in [-0.1, -0.05) is 60.7 Å². The van der Waals surface area contributed by atoms with Crippen LogP contribution in [0.3, 0.4) is 0 Å². The van der Waals surface area contributed by atoms with Crippen LogP contribution in [0.1, 0.15) is 6.92 Å². The van der Waals surface area contributed by atoms with Gasteiger partial charge in [-0.15, -0.1) is 0 Å². The predicted molar refractivity (Wildman–Crippen MR) is 85.0 cm³/mol. The second-order valence-corrected chi connectivity index (χ2v) is 4.81. The summed E-state index contributed by atoms with van der Waals surface area (Å²) >= 11 is 0. The third-order valence-electron chi connectivity index (χ3n) is 3.42. The molecule has 2 aromatic carbocycles. The van der Waals surface area contributed by atoms with Gasteiger partial charge in [0.2, 0.25) is 5.43 Å². The molecule has 0 saturated heterocycles. The van der Waals surface area contributed by atoms with E-state index in [0.717, 1.165) is 17.7 Å². The van der Waals surface area contributed by atoms with Gasteiger partial charge in [-0.05, 0) is 12.5 Å². The molecule has 0 amide bonds. The van der Waals surface area contributed by atoms with Crippen LogP contribution >= 0.6 is 0 Å². The highest BCUT2D eigenvalue weighted by Crippen LogP contribution is 2.19. The summed E-state index contributed by atoms with van der Waals surface area (Å²) in [6, 6.07) is 19.3. The van der Waals surface area contributed by atoms with Crippen molar-refractivity contribution in [2.75, 3.05) is 0 Å². The Morgan fingerprint density at radius 1 is 0.905 bits per heavy atom. The first-order valence-electron chi connectivity index (χ1n) is 7.02. The molecule has 3 heteroatoms. The smallest absolute Gasteiger partial charge is 0.215 e. The first-order chi connectivity index (χ1) is 10.3. The summed E-state index contributed by atoms with van der Waals surface area (Å²) in [5.74, 6) is 0. The van der Waals surface area contributed by atoms with Gasteiger partial charge in [-0.3, -0.25) is 9.48 Å². The second-order valence-electron chi connectivity index (χ2n) is 4.81. The molecule has 0 unspecified atom stereocenters. The van der Waals surface area contributed by atoms with Crippen molar-refractivity contribution in [3.05, 3.63) is 77.1 Å². The largest absolute Gasteiger partial charge is 0.287 e. The lowest BCUT2D eigenvalue weighted by Crippen LogP contribution is -2.16. The van der Waals surface area contributed by atoms with E-state index in [2.05, 4.69) is 5.10 Å². The van der Waals surface area contributed by atoms with E-state index < -0.39 is 0 Å². The normalized spacial score (nSPS) is 10.5. The van der Waals surface area contributed by atoms with Crippen molar-refractivity contribution in [1.29, 1.82) is 0 Å². The van der Waals surface area contributed by atoms with E-state index in [1.54, 1.807) is 0 Å². The maximum absolute atomic E-state index is 12.8. The van der Waals surface area contributed by atoms with E-state index in [-0.39, 0.29) is 5.43 Å². The molecule has 0 atom stereocenters. The Morgan fingerprint density at radius 2 is 1.48 bits per heavy atom. The van der Waals surface area contributed by atoms with Gasteiger partial charge in [0.15, 0.2) is 0 Å². The zero-order valence-electron chi connectivity index (χ0n) is 11.9. The summed E-state index contributed by atoms with van der Waals surface area (Å²) in [6.45, 7) is 2.74. The van der Waals surface area contributed by atoms with Gasteiger partial charge >= 0.3 is 0 Å². The van der Waals surface area contributed by atoms with Gasteiger partial charge < -0.3 is 0 Å². The number of hydrogen-bond donors (Lipinski definition) is 0. The zero-order valence-corrected chi connectivity index (χ0v) is 11.9. The van der Waals surface area contributed by atoms with Crippen molar-refractivity contribution < 1.29 is 0 Å². The molecule has 0 N–H and O–H groups in total. The minimum absolute atomic E-state index is 0.0305. The first-order valence-corrected chi connectivity index (χ1v) is 7.02. The summed E-state index contributed by atoms with van der Waals surface area (Å²) in [6.07, 6.45) is 1.82. The van der Waals surface area contributed by atoms with Crippen molar-refractivity contribution in [3.8, 4) is 22.4 Å². The lowest BCUT2D eigenvalue weighted by Gasteiger charge is -2.09. The zero-order chi connectivity index (χ0) is 14.7. The molecule has 1 heterocycles. The van der Waals surface area contributed by atoms with E-state index in [4.69, 9.17) is 0 Å². The summed E-state index contributed by atoms with van der Waals surface area (Å²) in [5.41, 5.74) is 2.92. The quantitative estimate of drug-likeness (QED) is 0.732. The maximum atomic E-state index is 12.8. The van der Waals surface area contributed by atoms with Crippen LogP contribution in [0.5, 0.6) is 0 Å². The number of hydrogen-bond acceptors (Lipinski definition) is 2. The van der Waals surface area contributed by atoms with Crippen LogP contribution in [-0.4, -0.2) is 9.78 Å². The molecule has 0 spiro atoms. The fourth-order valence-electron chi connectivity index (χ4n) is 2.31. The summed E-state index contributed by atoms with van der Waals surface area (Å²) in [5, 5.41) is 4.45. The van der Waals surface area contributed by atoms with Crippen molar-refractivity contribution in [2.45, 2.75) is 13.5 Å². The molecule has 0 saturated carbocycles. The molecule has 0 aliphatic rings. The van der Waals surface area contributed by atoms with Crippen LogP contribution in [0.15, 0.2) is 71.7 Å².